The van der Waals surface area contributed by atoms with Gasteiger partial charge in [-0.1, -0.05) is 84.9 Å². The van der Waals surface area contributed by atoms with Gasteiger partial charge in [-0.05, 0) is 35.4 Å². The Labute approximate surface area is 241 Å². The third kappa shape index (κ3) is 6.80. The first-order chi connectivity index (χ1) is 20.5. The number of nitrogens with one attached hydrogen (secondary N) is 2. The van der Waals surface area contributed by atoms with Crippen molar-refractivity contribution in [1.29, 1.82) is 0 Å². The molecule has 0 aliphatic carbocycles. The number of rotatable bonds is 8. The van der Waals surface area contributed by atoms with Crippen LogP contribution in [0.1, 0.15) is 11.1 Å². The van der Waals surface area contributed by atoms with Crippen molar-refractivity contribution >= 4 is 44.8 Å². The molecule has 10 heteroatoms. The zero-order valence-electron chi connectivity index (χ0n) is 22.4. The first-order valence-electron chi connectivity index (χ1n) is 13.1. The lowest BCUT2D eigenvalue weighted by Crippen LogP contribution is -2.01. The van der Waals surface area contributed by atoms with E-state index in [1.165, 1.54) is 12.1 Å². The maximum absolute atomic E-state index is 11.1. The van der Waals surface area contributed by atoms with E-state index in [1.54, 1.807) is 12.1 Å². The van der Waals surface area contributed by atoms with Gasteiger partial charge in [0.2, 0.25) is 0 Å². The Morgan fingerprint density at radius 3 is 1.29 bits per heavy atom. The molecule has 208 valence electrons. The Hall–Kier alpha value is -5.90. The van der Waals surface area contributed by atoms with Crippen molar-refractivity contribution in [3.8, 4) is 0 Å². The van der Waals surface area contributed by atoms with Crippen LogP contribution in [0.2, 0.25) is 0 Å². The highest BCUT2D eigenvalue weighted by atomic mass is 16.6. The fourth-order valence-electron chi connectivity index (χ4n) is 4.33. The summed E-state index contributed by atoms with van der Waals surface area (Å²) in [5.41, 5.74) is 3.11. The van der Waals surface area contributed by atoms with Crippen LogP contribution in [-0.4, -0.2) is 19.8 Å². The number of benzene rings is 4. The number of nitro groups is 2. The number of para-hydroxylation sites is 2. The average molecular weight is 559 g/mol. The summed E-state index contributed by atoms with van der Waals surface area (Å²) in [6, 6.07) is 37.1. The van der Waals surface area contributed by atoms with E-state index in [2.05, 4.69) is 20.6 Å². The van der Waals surface area contributed by atoms with Crippen LogP contribution in [0.5, 0.6) is 0 Å². The van der Waals surface area contributed by atoms with E-state index in [9.17, 15) is 20.2 Å². The lowest BCUT2D eigenvalue weighted by molar-refractivity contribution is -0.383. The lowest BCUT2D eigenvalue weighted by Gasteiger charge is -2.07. The number of hydrogen-bond acceptors (Lipinski definition) is 8. The van der Waals surface area contributed by atoms with Crippen molar-refractivity contribution in [3.05, 3.63) is 153 Å². The number of non-ortho nitro benzene ring substituents is 2. The zero-order valence-corrected chi connectivity index (χ0v) is 22.4. The number of anilines is 2. The number of nitrogens with zero attached hydrogens (tertiary/aromatic N) is 4. The molecular formula is C32H26N6O4. The van der Waals surface area contributed by atoms with E-state index < -0.39 is 9.85 Å². The summed E-state index contributed by atoms with van der Waals surface area (Å²) in [6.45, 7) is 1.25. The smallest absolute Gasteiger partial charge is 0.295 e. The molecule has 4 aromatic carbocycles. The van der Waals surface area contributed by atoms with Crippen LogP contribution in [0, 0.1) is 20.2 Å². The quantitative estimate of drug-likeness (QED) is 0.145. The molecule has 0 saturated carbocycles. The SMILES string of the molecule is O=[N+]([O-])c1cccc2ccc(NCc3ccccc3)nc12.O=[N+]([O-])c1cccc2ccc(NCc3ccccc3)nc12. The van der Waals surface area contributed by atoms with E-state index in [0.29, 0.717) is 35.8 Å². The van der Waals surface area contributed by atoms with Gasteiger partial charge in [-0.3, -0.25) is 20.2 Å². The summed E-state index contributed by atoms with van der Waals surface area (Å²) in [4.78, 5) is 30.0. The van der Waals surface area contributed by atoms with E-state index >= 15 is 0 Å². The fourth-order valence-corrected chi connectivity index (χ4v) is 4.33. The topological polar surface area (TPSA) is 136 Å². The molecule has 0 saturated heterocycles. The van der Waals surface area contributed by atoms with Gasteiger partial charge in [0.15, 0.2) is 11.0 Å². The summed E-state index contributed by atoms with van der Waals surface area (Å²) < 4.78 is 0. The predicted octanol–water partition coefficient (Wildman–Crippen LogP) is 7.51. The Morgan fingerprint density at radius 1 is 0.500 bits per heavy atom. The van der Waals surface area contributed by atoms with Crippen molar-refractivity contribution in [2.75, 3.05) is 10.6 Å². The van der Waals surface area contributed by atoms with Crippen LogP contribution in [0.3, 0.4) is 0 Å². The summed E-state index contributed by atoms with van der Waals surface area (Å²) in [5, 5.41) is 30.0. The Kier molecular flexibility index (Phi) is 8.54. The average Bonchev–Trinajstić information content (AvgIpc) is 3.03. The van der Waals surface area contributed by atoms with Gasteiger partial charge in [-0.2, -0.15) is 0 Å². The van der Waals surface area contributed by atoms with Crippen LogP contribution >= 0.6 is 0 Å². The summed E-state index contributed by atoms with van der Waals surface area (Å²) in [6.07, 6.45) is 0. The molecule has 0 aliphatic heterocycles. The molecule has 0 amide bonds. The Morgan fingerprint density at radius 2 is 0.905 bits per heavy atom. The molecule has 0 radical (unpaired) electrons. The maximum atomic E-state index is 11.1. The lowest BCUT2D eigenvalue weighted by atomic mass is 10.2. The van der Waals surface area contributed by atoms with Crippen LogP contribution in [0.15, 0.2) is 121 Å². The molecule has 6 rings (SSSR count). The third-order valence-electron chi connectivity index (χ3n) is 6.42. The van der Waals surface area contributed by atoms with E-state index in [4.69, 9.17) is 0 Å². The first kappa shape index (κ1) is 27.7. The van der Waals surface area contributed by atoms with Gasteiger partial charge >= 0.3 is 0 Å². The van der Waals surface area contributed by atoms with Crippen molar-refractivity contribution in [2.24, 2.45) is 0 Å². The number of pyridine rings is 2. The summed E-state index contributed by atoms with van der Waals surface area (Å²) >= 11 is 0. The first-order valence-corrected chi connectivity index (χ1v) is 13.1. The van der Waals surface area contributed by atoms with Crippen LogP contribution in [0.4, 0.5) is 23.0 Å². The van der Waals surface area contributed by atoms with Gasteiger partial charge in [-0.15, -0.1) is 0 Å². The fraction of sp³-hybridized carbons (Fsp3) is 0.0625. The molecule has 2 heterocycles. The van der Waals surface area contributed by atoms with Crippen LogP contribution < -0.4 is 10.6 Å². The highest BCUT2D eigenvalue weighted by Crippen LogP contribution is 2.26. The van der Waals surface area contributed by atoms with Gasteiger partial charge in [0.1, 0.15) is 11.6 Å². The van der Waals surface area contributed by atoms with Crippen molar-refractivity contribution in [2.45, 2.75) is 13.1 Å². The molecule has 0 atom stereocenters. The van der Waals surface area contributed by atoms with Crippen molar-refractivity contribution in [3.63, 3.8) is 0 Å². The van der Waals surface area contributed by atoms with E-state index in [-0.39, 0.29) is 11.4 Å². The van der Waals surface area contributed by atoms with Gasteiger partial charge in [0.25, 0.3) is 11.4 Å². The summed E-state index contributed by atoms with van der Waals surface area (Å²) in [7, 11) is 0. The highest BCUT2D eigenvalue weighted by Gasteiger charge is 2.14. The predicted molar refractivity (Wildman–Crippen MR) is 164 cm³/mol. The molecule has 10 nitrogen and oxygen atoms in total. The highest BCUT2D eigenvalue weighted by molar-refractivity contribution is 5.89. The van der Waals surface area contributed by atoms with Gasteiger partial charge < -0.3 is 10.6 Å². The molecule has 42 heavy (non-hydrogen) atoms. The standard InChI is InChI=1S/2C16H13N3O2/c2*20-19(21)14-8-4-7-13-9-10-15(18-16(13)14)17-11-12-5-2-1-3-6-12/h2*1-10H,11H2,(H,17,18). The molecule has 0 fully saturated rings. The number of fused-ring (bicyclic) bond motifs is 2. The third-order valence-corrected chi connectivity index (χ3v) is 6.42. The monoisotopic (exact) mass is 558 g/mol. The Balaban J connectivity index is 0.000000168. The Bertz CT molecular complexity index is 1710. The number of nitro benzene ring substituents is 2. The van der Waals surface area contributed by atoms with E-state index in [0.717, 1.165) is 21.9 Å². The molecule has 0 spiro atoms. The molecule has 0 bridgehead atoms. The second kappa shape index (κ2) is 13.0. The second-order valence-electron chi connectivity index (χ2n) is 9.28. The summed E-state index contributed by atoms with van der Waals surface area (Å²) in [5.74, 6) is 1.25. The van der Waals surface area contributed by atoms with Gasteiger partial charge in [-0.25, -0.2) is 9.97 Å². The molecule has 2 N–H and O–H groups in total. The van der Waals surface area contributed by atoms with Crippen molar-refractivity contribution in [1.82, 2.24) is 9.97 Å². The van der Waals surface area contributed by atoms with Gasteiger partial charge in [0.05, 0.1) is 9.85 Å². The normalized spacial score (nSPS) is 10.5. The number of hydrogen-bond donors (Lipinski definition) is 2. The molecule has 6 aromatic rings. The second-order valence-corrected chi connectivity index (χ2v) is 9.28. The van der Waals surface area contributed by atoms with Crippen LogP contribution in [0.25, 0.3) is 21.8 Å². The molecule has 0 aliphatic rings. The minimum absolute atomic E-state index is 0.0239. The molecule has 2 aromatic heterocycles. The van der Waals surface area contributed by atoms with E-state index in [1.807, 2.05) is 97.1 Å². The largest absolute Gasteiger partial charge is 0.366 e. The minimum atomic E-state index is -0.406. The molecule has 0 unspecified atom stereocenters. The number of aromatic nitrogens is 2. The van der Waals surface area contributed by atoms with Gasteiger partial charge in [0, 0.05) is 36.0 Å². The maximum Gasteiger partial charge on any atom is 0.295 e. The van der Waals surface area contributed by atoms with Crippen molar-refractivity contribution < 1.29 is 9.85 Å². The minimum Gasteiger partial charge on any atom is -0.366 e. The molecular weight excluding hydrogens is 532 g/mol. The zero-order chi connectivity index (χ0) is 29.3. The van der Waals surface area contributed by atoms with Crippen LogP contribution in [-0.2, 0) is 13.1 Å².